The van der Waals surface area contributed by atoms with Crippen molar-refractivity contribution in [3.63, 3.8) is 0 Å². The molecule has 2 aromatic rings. The molecule has 1 N–H and O–H groups in total. The van der Waals surface area contributed by atoms with Gasteiger partial charge in [-0.25, -0.2) is 4.98 Å². The molecule has 1 fully saturated rings. The maximum absolute atomic E-state index is 12.6. The highest BCUT2D eigenvalue weighted by atomic mass is 32.2. The van der Waals surface area contributed by atoms with Crippen molar-refractivity contribution >= 4 is 39.2 Å². The Morgan fingerprint density at radius 3 is 2.78 bits per heavy atom. The van der Waals surface area contributed by atoms with Gasteiger partial charge in [-0.15, -0.1) is 23.1 Å². The second-order valence-corrected chi connectivity index (χ2v) is 9.77. The van der Waals surface area contributed by atoms with Crippen molar-refractivity contribution < 1.29 is 4.79 Å². The number of aryl methyl sites for hydroxylation is 2. The Kier molecular flexibility index (Phi) is 6.60. The number of hydrogen-bond acceptors (Lipinski definition) is 6. The van der Waals surface area contributed by atoms with Crippen molar-refractivity contribution in [2.75, 3.05) is 33.2 Å². The first-order valence-electron chi connectivity index (χ1n) is 9.44. The van der Waals surface area contributed by atoms with E-state index in [4.69, 9.17) is 0 Å². The lowest BCUT2D eigenvalue weighted by atomic mass is 10.2. The summed E-state index contributed by atoms with van der Waals surface area (Å²) in [6.45, 7) is 9.90. The quantitative estimate of drug-likeness (QED) is 0.763. The van der Waals surface area contributed by atoms with E-state index in [2.05, 4.69) is 14.9 Å². The minimum absolute atomic E-state index is 0.0841. The zero-order valence-corrected chi connectivity index (χ0v) is 18.1. The fourth-order valence-corrected chi connectivity index (χ4v) is 5.28. The highest BCUT2D eigenvalue weighted by Gasteiger charge is 2.20. The van der Waals surface area contributed by atoms with Crippen LogP contribution in [0.4, 0.5) is 0 Å². The number of likely N-dealkylation sites (N-methyl/N-ethyl adjacent to an activating group) is 1. The van der Waals surface area contributed by atoms with Gasteiger partial charge in [-0.3, -0.25) is 9.59 Å². The van der Waals surface area contributed by atoms with Crippen LogP contribution in [0.2, 0.25) is 0 Å². The molecule has 0 aliphatic carbocycles. The standard InChI is InChI=1S/C19H28N4O2S2/c1-12-13(2)27-18-16(12)17(24)20-15(21-18)11-26-14(3)19(25)22(4)9-10-23-7-5-6-8-23/h14H,5-11H2,1-4H3,(H,20,21,24). The van der Waals surface area contributed by atoms with Crippen molar-refractivity contribution in [2.45, 2.75) is 44.6 Å². The first kappa shape index (κ1) is 20.4. The number of nitrogens with one attached hydrogen (secondary N) is 1. The monoisotopic (exact) mass is 408 g/mol. The molecule has 1 saturated heterocycles. The number of thiophene rings is 1. The molecule has 3 rings (SSSR count). The van der Waals surface area contributed by atoms with E-state index in [0.717, 1.165) is 41.5 Å². The van der Waals surface area contributed by atoms with E-state index < -0.39 is 0 Å². The summed E-state index contributed by atoms with van der Waals surface area (Å²) in [6, 6.07) is 0. The fourth-order valence-electron chi connectivity index (χ4n) is 3.36. The predicted octanol–water partition coefficient (Wildman–Crippen LogP) is 2.78. The Morgan fingerprint density at radius 2 is 2.07 bits per heavy atom. The van der Waals surface area contributed by atoms with Gasteiger partial charge in [-0.2, -0.15) is 0 Å². The molecule has 0 bridgehead atoms. The summed E-state index contributed by atoms with van der Waals surface area (Å²) in [7, 11) is 1.87. The molecule has 0 radical (unpaired) electrons. The van der Waals surface area contributed by atoms with E-state index in [0.29, 0.717) is 17.0 Å². The van der Waals surface area contributed by atoms with Gasteiger partial charge in [0.05, 0.1) is 16.4 Å². The van der Waals surface area contributed by atoms with Crippen molar-refractivity contribution in [2.24, 2.45) is 0 Å². The molecule has 8 heteroatoms. The smallest absolute Gasteiger partial charge is 0.259 e. The van der Waals surface area contributed by atoms with Crippen LogP contribution in [0, 0.1) is 13.8 Å². The lowest BCUT2D eigenvalue weighted by Gasteiger charge is -2.24. The Hall–Kier alpha value is -1.38. The number of rotatable bonds is 7. The molecular formula is C19H28N4O2S2. The topological polar surface area (TPSA) is 69.3 Å². The summed E-state index contributed by atoms with van der Waals surface area (Å²) in [5.74, 6) is 1.29. The van der Waals surface area contributed by atoms with E-state index >= 15 is 0 Å². The molecule has 1 unspecified atom stereocenters. The molecule has 1 amide bonds. The molecule has 0 spiro atoms. The van der Waals surface area contributed by atoms with E-state index in [9.17, 15) is 9.59 Å². The van der Waals surface area contributed by atoms with Crippen molar-refractivity contribution in [1.29, 1.82) is 0 Å². The van der Waals surface area contributed by atoms with Gasteiger partial charge in [0, 0.05) is 25.0 Å². The van der Waals surface area contributed by atoms with Crippen molar-refractivity contribution in [3.05, 3.63) is 26.6 Å². The first-order chi connectivity index (χ1) is 12.9. The van der Waals surface area contributed by atoms with Gasteiger partial charge in [0.2, 0.25) is 5.91 Å². The summed E-state index contributed by atoms with van der Waals surface area (Å²) < 4.78 is 0. The molecule has 6 nitrogen and oxygen atoms in total. The lowest BCUT2D eigenvalue weighted by molar-refractivity contribution is -0.129. The van der Waals surface area contributed by atoms with Crippen LogP contribution in [0.3, 0.4) is 0 Å². The summed E-state index contributed by atoms with van der Waals surface area (Å²) >= 11 is 3.07. The number of carbonyl (C=O) groups excluding carboxylic acids is 1. The van der Waals surface area contributed by atoms with E-state index in [1.165, 1.54) is 24.6 Å². The largest absolute Gasteiger partial charge is 0.344 e. The van der Waals surface area contributed by atoms with Gasteiger partial charge in [0.25, 0.3) is 5.56 Å². The maximum atomic E-state index is 12.6. The summed E-state index contributed by atoms with van der Waals surface area (Å²) in [6.07, 6.45) is 2.53. The number of likely N-dealkylation sites (tertiary alicyclic amines) is 1. The number of nitrogens with zero attached hydrogens (tertiary/aromatic N) is 3. The van der Waals surface area contributed by atoms with Gasteiger partial charge in [-0.1, -0.05) is 0 Å². The van der Waals surface area contributed by atoms with Crippen LogP contribution >= 0.6 is 23.1 Å². The number of aromatic amines is 1. The molecule has 1 atom stereocenters. The third-order valence-electron chi connectivity index (χ3n) is 5.23. The molecule has 148 valence electrons. The zero-order chi connectivity index (χ0) is 19.6. The first-order valence-corrected chi connectivity index (χ1v) is 11.3. The van der Waals surface area contributed by atoms with Crippen LogP contribution in [0.5, 0.6) is 0 Å². The maximum Gasteiger partial charge on any atom is 0.259 e. The van der Waals surface area contributed by atoms with Crippen LogP contribution < -0.4 is 5.56 Å². The number of hydrogen-bond donors (Lipinski definition) is 1. The molecule has 27 heavy (non-hydrogen) atoms. The van der Waals surface area contributed by atoms with Crippen LogP contribution in [-0.4, -0.2) is 64.2 Å². The number of aromatic nitrogens is 2. The van der Waals surface area contributed by atoms with Crippen LogP contribution in [-0.2, 0) is 10.5 Å². The van der Waals surface area contributed by atoms with Gasteiger partial charge in [0.15, 0.2) is 0 Å². The third-order valence-corrected chi connectivity index (χ3v) is 7.48. The number of fused-ring (bicyclic) bond motifs is 1. The Balaban J connectivity index is 1.56. The fraction of sp³-hybridized carbons (Fsp3) is 0.632. The highest BCUT2D eigenvalue weighted by molar-refractivity contribution is 7.99. The van der Waals surface area contributed by atoms with Crippen LogP contribution in [0.15, 0.2) is 4.79 Å². The normalized spacial score (nSPS) is 16.1. The van der Waals surface area contributed by atoms with Gasteiger partial charge < -0.3 is 14.8 Å². The van der Waals surface area contributed by atoms with E-state index in [1.807, 2.05) is 32.7 Å². The highest BCUT2D eigenvalue weighted by Crippen LogP contribution is 2.26. The van der Waals surface area contributed by atoms with Crippen LogP contribution in [0.25, 0.3) is 10.2 Å². The number of thioether (sulfide) groups is 1. The van der Waals surface area contributed by atoms with Crippen molar-refractivity contribution in [3.8, 4) is 0 Å². The second kappa shape index (κ2) is 8.75. The van der Waals surface area contributed by atoms with Crippen molar-refractivity contribution in [1.82, 2.24) is 19.8 Å². The number of H-pyrrole nitrogens is 1. The van der Waals surface area contributed by atoms with Crippen LogP contribution in [0.1, 0.15) is 36.0 Å². The molecule has 2 aromatic heterocycles. The molecule has 0 saturated carbocycles. The SMILES string of the molecule is Cc1sc2nc(CSC(C)C(=O)N(C)CCN3CCCC3)[nH]c(=O)c2c1C. The molecule has 1 aliphatic heterocycles. The average Bonchev–Trinajstić information content (AvgIpc) is 3.25. The molecule has 0 aromatic carbocycles. The average molecular weight is 409 g/mol. The minimum atomic E-state index is -0.165. The number of carbonyl (C=O) groups is 1. The summed E-state index contributed by atoms with van der Waals surface area (Å²) in [5.41, 5.74) is 0.922. The Bertz CT molecular complexity index is 870. The molecule has 3 heterocycles. The summed E-state index contributed by atoms with van der Waals surface area (Å²) in [4.78, 5) is 38.6. The minimum Gasteiger partial charge on any atom is -0.344 e. The van der Waals surface area contributed by atoms with E-state index in [-0.39, 0.29) is 16.7 Å². The zero-order valence-electron chi connectivity index (χ0n) is 16.5. The van der Waals surface area contributed by atoms with Gasteiger partial charge >= 0.3 is 0 Å². The van der Waals surface area contributed by atoms with Gasteiger partial charge in [-0.05, 0) is 52.3 Å². The van der Waals surface area contributed by atoms with Gasteiger partial charge in [0.1, 0.15) is 10.7 Å². The Morgan fingerprint density at radius 1 is 1.37 bits per heavy atom. The molecular weight excluding hydrogens is 380 g/mol. The second-order valence-electron chi connectivity index (χ2n) is 7.24. The summed E-state index contributed by atoms with van der Waals surface area (Å²) in [5, 5.41) is 0.526. The third kappa shape index (κ3) is 4.73. The molecule has 1 aliphatic rings. The predicted molar refractivity (Wildman–Crippen MR) is 114 cm³/mol. The lowest BCUT2D eigenvalue weighted by Crippen LogP contribution is -2.38. The van der Waals surface area contributed by atoms with E-state index in [1.54, 1.807) is 11.3 Å². The Labute approximate surface area is 168 Å². The number of amides is 1.